The van der Waals surface area contributed by atoms with Crippen LogP contribution in [0.1, 0.15) is 15.9 Å². The molecule has 0 N–H and O–H groups in total. The fourth-order valence-corrected chi connectivity index (χ4v) is 2.30. The van der Waals surface area contributed by atoms with Crippen LogP contribution < -0.4 is 0 Å². The molecule has 106 valence electrons. The van der Waals surface area contributed by atoms with E-state index in [0.29, 0.717) is 5.56 Å². The summed E-state index contributed by atoms with van der Waals surface area (Å²) < 4.78 is 19.5. The molecule has 0 atom stereocenters. The van der Waals surface area contributed by atoms with Crippen LogP contribution in [0.5, 0.6) is 0 Å². The molecule has 0 fully saturated rings. The number of methoxy groups -OCH3 is 1. The predicted molar refractivity (Wildman–Crippen MR) is 77.1 cm³/mol. The number of nitrogens with zero attached hydrogens (tertiary/aromatic N) is 2. The standard InChI is InChI=1S/C16H13FN2O2/c1-10-7-15-11(8-14(10)16(20)21-2)9-18-19(15)13-5-3-12(17)4-6-13/h3-9H,1-2H3. The van der Waals surface area contributed by atoms with Crippen molar-refractivity contribution in [3.05, 3.63) is 59.5 Å². The van der Waals surface area contributed by atoms with E-state index in [1.54, 1.807) is 29.1 Å². The minimum Gasteiger partial charge on any atom is -0.465 e. The van der Waals surface area contributed by atoms with Crippen molar-refractivity contribution in [2.45, 2.75) is 6.92 Å². The van der Waals surface area contributed by atoms with E-state index in [1.165, 1.54) is 19.2 Å². The number of aromatic nitrogens is 2. The summed E-state index contributed by atoms with van der Waals surface area (Å²) in [6.07, 6.45) is 1.67. The van der Waals surface area contributed by atoms with E-state index in [0.717, 1.165) is 22.2 Å². The monoisotopic (exact) mass is 284 g/mol. The van der Waals surface area contributed by atoms with E-state index < -0.39 is 0 Å². The van der Waals surface area contributed by atoms with Crippen molar-refractivity contribution in [3.8, 4) is 5.69 Å². The van der Waals surface area contributed by atoms with Gasteiger partial charge >= 0.3 is 5.97 Å². The Balaban J connectivity index is 2.17. The summed E-state index contributed by atoms with van der Waals surface area (Å²) in [6, 6.07) is 9.72. The number of rotatable bonds is 2. The molecule has 5 heteroatoms. The molecule has 3 rings (SSSR count). The summed E-state index contributed by atoms with van der Waals surface area (Å²) >= 11 is 0. The second-order valence-corrected chi connectivity index (χ2v) is 4.75. The highest BCUT2D eigenvalue weighted by molar-refractivity contribution is 5.96. The van der Waals surface area contributed by atoms with Crippen molar-refractivity contribution in [1.29, 1.82) is 0 Å². The quantitative estimate of drug-likeness (QED) is 0.678. The van der Waals surface area contributed by atoms with Crippen molar-refractivity contribution in [3.63, 3.8) is 0 Å². The van der Waals surface area contributed by atoms with E-state index in [1.807, 2.05) is 13.0 Å². The average Bonchev–Trinajstić information content (AvgIpc) is 2.89. The minimum atomic E-state index is -0.371. The highest BCUT2D eigenvalue weighted by atomic mass is 19.1. The van der Waals surface area contributed by atoms with Gasteiger partial charge in [0.05, 0.1) is 30.1 Å². The van der Waals surface area contributed by atoms with E-state index in [4.69, 9.17) is 4.74 Å². The highest BCUT2D eigenvalue weighted by Gasteiger charge is 2.13. The molecule has 0 aliphatic heterocycles. The number of carbonyl (C=O) groups is 1. The molecule has 0 amide bonds. The first-order valence-electron chi connectivity index (χ1n) is 6.43. The molecule has 1 aromatic heterocycles. The zero-order valence-corrected chi connectivity index (χ0v) is 11.6. The first kappa shape index (κ1) is 13.3. The minimum absolute atomic E-state index is 0.292. The Bertz CT molecular complexity index is 822. The van der Waals surface area contributed by atoms with Crippen molar-refractivity contribution >= 4 is 16.9 Å². The first-order valence-corrected chi connectivity index (χ1v) is 6.43. The number of carbonyl (C=O) groups excluding carboxylic acids is 1. The predicted octanol–water partition coefficient (Wildman–Crippen LogP) is 3.26. The van der Waals surface area contributed by atoms with Crippen LogP contribution in [0.4, 0.5) is 4.39 Å². The van der Waals surface area contributed by atoms with Gasteiger partial charge in [-0.2, -0.15) is 5.10 Å². The van der Waals surface area contributed by atoms with E-state index in [2.05, 4.69) is 5.10 Å². The summed E-state index contributed by atoms with van der Waals surface area (Å²) in [6.45, 7) is 1.84. The molecule has 0 spiro atoms. The van der Waals surface area contributed by atoms with Crippen LogP contribution in [0.2, 0.25) is 0 Å². The van der Waals surface area contributed by atoms with E-state index in [-0.39, 0.29) is 11.8 Å². The molecular weight excluding hydrogens is 271 g/mol. The van der Waals surface area contributed by atoms with Crippen LogP contribution in [-0.2, 0) is 4.74 Å². The van der Waals surface area contributed by atoms with Crippen molar-refractivity contribution in [2.75, 3.05) is 7.11 Å². The lowest BCUT2D eigenvalue weighted by molar-refractivity contribution is 0.0600. The Hall–Kier alpha value is -2.69. The Morgan fingerprint density at radius 1 is 1.24 bits per heavy atom. The van der Waals surface area contributed by atoms with Crippen molar-refractivity contribution in [2.24, 2.45) is 0 Å². The van der Waals surface area contributed by atoms with Crippen LogP contribution in [0.25, 0.3) is 16.6 Å². The van der Waals surface area contributed by atoms with Crippen molar-refractivity contribution in [1.82, 2.24) is 9.78 Å². The third kappa shape index (κ3) is 2.27. The van der Waals surface area contributed by atoms with Gasteiger partial charge in [0.2, 0.25) is 0 Å². The molecule has 0 unspecified atom stereocenters. The molecule has 2 aromatic carbocycles. The van der Waals surface area contributed by atoms with Crippen LogP contribution >= 0.6 is 0 Å². The first-order chi connectivity index (χ1) is 10.1. The Morgan fingerprint density at radius 3 is 2.62 bits per heavy atom. The van der Waals surface area contributed by atoms with Gasteiger partial charge in [0.15, 0.2) is 0 Å². The lowest BCUT2D eigenvalue weighted by atomic mass is 10.1. The molecule has 0 radical (unpaired) electrons. The molecule has 0 bridgehead atoms. The average molecular weight is 284 g/mol. The van der Waals surface area contributed by atoms with Gasteiger partial charge in [0.25, 0.3) is 0 Å². The molecule has 0 aliphatic carbocycles. The SMILES string of the molecule is COC(=O)c1cc2cnn(-c3ccc(F)cc3)c2cc1C. The lowest BCUT2D eigenvalue weighted by Crippen LogP contribution is -2.04. The summed E-state index contributed by atoms with van der Waals surface area (Å²) in [7, 11) is 1.36. The number of benzene rings is 2. The maximum absolute atomic E-state index is 13.0. The van der Waals surface area contributed by atoms with Gasteiger partial charge < -0.3 is 4.74 Å². The largest absolute Gasteiger partial charge is 0.465 e. The fraction of sp³-hybridized carbons (Fsp3) is 0.125. The number of esters is 1. The second-order valence-electron chi connectivity index (χ2n) is 4.75. The van der Waals surface area contributed by atoms with E-state index in [9.17, 15) is 9.18 Å². The third-order valence-corrected chi connectivity index (χ3v) is 3.39. The number of ether oxygens (including phenoxy) is 1. The smallest absolute Gasteiger partial charge is 0.338 e. The lowest BCUT2D eigenvalue weighted by Gasteiger charge is -2.07. The molecule has 1 heterocycles. The van der Waals surface area contributed by atoms with Gasteiger partial charge in [-0.05, 0) is 48.9 Å². The highest BCUT2D eigenvalue weighted by Crippen LogP contribution is 2.23. The molecule has 0 saturated heterocycles. The Morgan fingerprint density at radius 2 is 1.95 bits per heavy atom. The Kier molecular flexibility index (Phi) is 3.17. The molecule has 0 saturated carbocycles. The van der Waals surface area contributed by atoms with Crippen LogP contribution in [0, 0.1) is 12.7 Å². The zero-order chi connectivity index (χ0) is 15.0. The summed E-state index contributed by atoms with van der Waals surface area (Å²) in [5, 5.41) is 5.13. The molecule has 21 heavy (non-hydrogen) atoms. The maximum Gasteiger partial charge on any atom is 0.338 e. The summed E-state index contributed by atoms with van der Waals surface area (Å²) in [5.74, 6) is -0.664. The third-order valence-electron chi connectivity index (χ3n) is 3.39. The van der Waals surface area contributed by atoms with Gasteiger partial charge in [0.1, 0.15) is 5.82 Å². The van der Waals surface area contributed by atoms with Crippen LogP contribution in [0.3, 0.4) is 0 Å². The van der Waals surface area contributed by atoms with Gasteiger partial charge in [-0.1, -0.05) is 0 Å². The van der Waals surface area contributed by atoms with Crippen molar-refractivity contribution < 1.29 is 13.9 Å². The summed E-state index contributed by atoms with van der Waals surface area (Å²) in [5.41, 5.74) is 2.94. The number of hydrogen-bond acceptors (Lipinski definition) is 3. The van der Waals surface area contributed by atoms with Gasteiger partial charge in [-0.25, -0.2) is 13.9 Å². The topological polar surface area (TPSA) is 44.1 Å². The van der Waals surface area contributed by atoms with Gasteiger partial charge in [-0.15, -0.1) is 0 Å². The molecule has 4 nitrogen and oxygen atoms in total. The molecule has 0 aliphatic rings. The van der Waals surface area contributed by atoms with Gasteiger partial charge in [-0.3, -0.25) is 0 Å². The summed E-state index contributed by atoms with van der Waals surface area (Å²) in [4.78, 5) is 11.7. The Labute approximate surface area is 120 Å². The number of aryl methyl sites for hydroxylation is 1. The van der Waals surface area contributed by atoms with Gasteiger partial charge in [0, 0.05) is 5.39 Å². The molecule has 3 aromatic rings. The number of halogens is 1. The molecular formula is C16H13FN2O2. The maximum atomic E-state index is 13.0. The van der Waals surface area contributed by atoms with E-state index >= 15 is 0 Å². The zero-order valence-electron chi connectivity index (χ0n) is 11.6. The van der Waals surface area contributed by atoms with Crippen LogP contribution in [-0.4, -0.2) is 22.9 Å². The normalized spacial score (nSPS) is 10.8. The number of hydrogen-bond donors (Lipinski definition) is 0. The number of fused-ring (bicyclic) bond motifs is 1. The fourth-order valence-electron chi connectivity index (χ4n) is 2.30. The van der Waals surface area contributed by atoms with Crippen LogP contribution in [0.15, 0.2) is 42.6 Å². The second kappa shape index (κ2) is 5.01.